The van der Waals surface area contributed by atoms with Crippen LogP contribution in [0.15, 0.2) is 4.99 Å². The van der Waals surface area contributed by atoms with Gasteiger partial charge in [-0.05, 0) is 19.9 Å². The van der Waals surface area contributed by atoms with Crippen LogP contribution in [0.4, 0.5) is 0 Å². The molecule has 0 radical (unpaired) electrons. The van der Waals surface area contributed by atoms with Crippen molar-refractivity contribution in [2.45, 2.75) is 26.3 Å². The number of guanidine groups is 1. The van der Waals surface area contributed by atoms with E-state index in [2.05, 4.69) is 39.3 Å². The van der Waals surface area contributed by atoms with E-state index in [9.17, 15) is 0 Å². The molecule has 112 valence electrons. The summed E-state index contributed by atoms with van der Waals surface area (Å²) < 4.78 is 0. The lowest BCUT2D eigenvalue weighted by Gasteiger charge is -2.37. The molecule has 2 rings (SSSR count). The highest BCUT2D eigenvalue weighted by molar-refractivity contribution is 14.0. The zero-order valence-corrected chi connectivity index (χ0v) is 14.5. The summed E-state index contributed by atoms with van der Waals surface area (Å²) in [5, 5.41) is 6.73. The number of hydrogen-bond acceptors (Lipinski definition) is 5. The molecule has 1 fully saturated rings. The van der Waals surface area contributed by atoms with E-state index in [1.165, 1.54) is 32.7 Å². The zero-order chi connectivity index (χ0) is 12.8. The molecule has 2 N–H and O–H groups in total. The van der Waals surface area contributed by atoms with E-state index in [0.29, 0.717) is 6.04 Å². The molecule has 1 atom stereocenters. The Hall–Kier alpha value is -0.0800. The Bertz CT molecular complexity index is 276. The lowest BCUT2D eigenvalue weighted by atomic mass is 10.2. The summed E-state index contributed by atoms with van der Waals surface area (Å²) in [6.45, 7) is 13.5. The fraction of sp³-hybridized carbons (Fsp3) is 0.923. The smallest absolute Gasteiger partial charge is 0.191 e. The fourth-order valence-electron chi connectivity index (χ4n) is 2.54. The van der Waals surface area contributed by atoms with Crippen molar-refractivity contribution >= 4 is 29.9 Å². The minimum absolute atomic E-state index is 0. The van der Waals surface area contributed by atoms with Crippen LogP contribution in [0.25, 0.3) is 0 Å². The van der Waals surface area contributed by atoms with Crippen LogP contribution in [0, 0.1) is 0 Å². The number of aliphatic imine (C=N–C) groups is 1. The van der Waals surface area contributed by atoms with Crippen LogP contribution in [-0.4, -0.2) is 74.2 Å². The highest BCUT2D eigenvalue weighted by atomic mass is 127. The van der Waals surface area contributed by atoms with Gasteiger partial charge in [-0.2, -0.15) is 0 Å². The molecule has 0 aromatic heterocycles. The normalized spacial score (nSPS) is 22.9. The molecule has 0 amide bonds. The molecule has 0 spiro atoms. The maximum Gasteiger partial charge on any atom is 0.191 e. The summed E-state index contributed by atoms with van der Waals surface area (Å²) >= 11 is 0. The maximum atomic E-state index is 4.44. The summed E-state index contributed by atoms with van der Waals surface area (Å²) in [5.74, 6) is 0.986. The van der Waals surface area contributed by atoms with Gasteiger partial charge in [0, 0.05) is 51.9 Å². The van der Waals surface area contributed by atoms with Gasteiger partial charge in [-0.15, -0.1) is 24.0 Å². The Balaban J connectivity index is 0.00000180. The van der Waals surface area contributed by atoms with Crippen LogP contribution in [-0.2, 0) is 0 Å². The van der Waals surface area contributed by atoms with Crippen molar-refractivity contribution in [1.82, 2.24) is 20.4 Å². The number of nitrogens with zero attached hydrogens (tertiary/aromatic N) is 3. The van der Waals surface area contributed by atoms with Crippen molar-refractivity contribution in [2.75, 3.05) is 52.4 Å². The molecule has 0 bridgehead atoms. The van der Waals surface area contributed by atoms with E-state index in [1.54, 1.807) is 0 Å². The monoisotopic (exact) mass is 381 g/mol. The first-order valence-electron chi connectivity index (χ1n) is 7.28. The van der Waals surface area contributed by atoms with Gasteiger partial charge in [-0.1, -0.05) is 6.92 Å². The van der Waals surface area contributed by atoms with Crippen LogP contribution < -0.4 is 10.6 Å². The summed E-state index contributed by atoms with van der Waals surface area (Å²) in [7, 11) is 0. The summed E-state index contributed by atoms with van der Waals surface area (Å²) in [5.41, 5.74) is 0. The molecule has 5 nitrogen and oxygen atoms in total. The molecule has 0 aromatic carbocycles. The lowest BCUT2D eigenvalue weighted by molar-refractivity contribution is 0.107. The van der Waals surface area contributed by atoms with E-state index < -0.39 is 0 Å². The molecule has 2 heterocycles. The van der Waals surface area contributed by atoms with E-state index in [4.69, 9.17) is 0 Å². The van der Waals surface area contributed by atoms with E-state index in [1.807, 2.05) is 0 Å². The third-order valence-electron chi connectivity index (χ3n) is 3.94. The highest BCUT2D eigenvalue weighted by Crippen LogP contribution is 2.05. The van der Waals surface area contributed by atoms with E-state index in [-0.39, 0.29) is 24.0 Å². The molecule has 0 aliphatic carbocycles. The molecule has 19 heavy (non-hydrogen) atoms. The second kappa shape index (κ2) is 8.97. The molecule has 0 aromatic rings. The Morgan fingerprint density at radius 1 is 1.32 bits per heavy atom. The van der Waals surface area contributed by atoms with Gasteiger partial charge in [0.2, 0.25) is 0 Å². The van der Waals surface area contributed by atoms with Gasteiger partial charge in [0.25, 0.3) is 0 Å². The predicted octanol–water partition coefficient (Wildman–Crippen LogP) is 0.569. The Morgan fingerprint density at radius 2 is 2.05 bits per heavy atom. The first kappa shape index (κ1) is 17.0. The molecule has 2 aliphatic rings. The van der Waals surface area contributed by atoms with Gasteiger partial charge in [0.15, 0.2) is 5.96 Å². The molecular formula is C13H28IN5. The topological polar surface area (TPSA) is 42.9 Å². The molecular weight excluding hydrogens is 353 g/mol. The number of likely N-dealkylation sites (N-methyl/N-ethyl adjacent to an activating group) is 1. The minimum Gasteiger partial charge on any atom is -0.356 e. The molecule has 6 heteroatoms. The zero-order valence-electron chi connectivity index (χ0n) is 12.2. The molecule has 1 unspecified atom stereocenters. The quantitative estimate of drug-likeness (QED) is 0.699. The van der Waals surface area contributed by atoms with Gasteiger partial charge in [0.1, 0.15) is 0 Å². The van der Waals surface area contributed by atoms with Crippen molar-refractivity contribution in [1.29, 1.82) is 0 Å². The summed E-state index contributed by atoms with van der Waals surface area (Å²) in [6.07, 6.45) is 1.15. The third kappa shape index (κ3) is 5.43. The largest absolute Gasteiger partial charge is 0.356 e. The molecule has 2 aliphatic heterocycles. The molecule has 0 saturated carbocycles. The standard InChI is InChI=1S/C13H27N5.HI/c1-3-17-7-9-18(10-8-17)12(2)11-16-13-14-5-4-6-15-13;/h12H,3-11H2,1-2H3,(H2,14,15,16);1H. The van der Waals surface area contributed by atoms with Crippen molar-refractivity contribution in [3.63, 3.8) is 0 Å². The van der Waals surface area contributed by atoms with Crippen LogP contribution >= 0.6 is 24.0 Å². The number of rotatable bonds is 4. The Kier molecular flexibility index (Phi) is 8.01. The van der Waals surface area contributed by atoms with E-state index in [0.717, 1.165) is 32.0 Å². The molecule has 1 saturated heterocycles. The number of piperazine rings is 1. The minimum atomic E-state index is 0. The fourth-order valence-corrected chi connectivity index (χ4v) is 2.54. The van der Waals surface area contributed by atoms with Crippen LogP contribution in [0.5, 0.6) is 0 Å². The van der Waals surface area contributed by atoms with Crippen LogP contribution in [0.2, 0.25) is 0 Å². The number of nitrogens with one attached hydrogen (secondary N) is 2. The second-order valence-electron chi connectivity index (χ2n) is 5.21. The van der Waals surface area contributed by atoms with Crippen molar-refractivity contribution in [2.24, 2.45) is 4.99 Å². The maximum absolute atomic E-state index is 4.44. The first-order valence-corrected chi connectivity index (χ1v) is 7.28. The highest BCUT2D eigenvalue weighted by Gasteiger charge is 2.20. The van der Waals surface area contributed by atoms with Crippen molar-refractivity contribution < 1.29 is 0 Å². The van der Waals surface area contributed by atoms with Crippen LogP contribution in [0.3, 0.4) is 0 Å². The average Bonchev–Trinajstić information content (AvgIpc) is 2.46. The van der Waals surface area contributed by atoms with Crippen LogP contribution in [0.1, 0.15) is 20.3 Å². The number of hydrogen-bond donors (Lipinski definition) is 2. The first-order chi connectivity index (χ1) is 8.79. The van der Waals surface area contributed by atoms with Gasteiger partial charge >= 0.3 is 0 Å². The van der Waals surface area contributed by atoms with Gasteiger partial charge < -0.3 is 15.5 Å². The average molecular weight is 381 g/mol. The van der Waals surface area contributed by atoms with Gasteiger partial charge in [0.05, 0.1) is 0 Å². The van der Waals surface area contributed by atoms with Crippen molar-refractivity contribution in [3.8, 4) is 0 Å². The Morgan fingerprint density at radius 3 is 2.63 bits per heavy atom. The summed E-state index contributed by atoms with van der Waals surface area (Å²) in [6, 6.07) is 0.579. The lowest BCUT2D eigenvalue weighted by Crippen LogP contribution is -2.53. The van der Waals surface area contributed by atoms with Gasteiger partial charge in [-0.25, -0.2) is 0 Å². The van der Waals surface area contributed by atoms with Gasteiger partial charge in [-0.3, -0.25) is 9.89 Å². The predicted molar refractivity (Wildman–Crippen MR) is 91.5 cm³/mol. The van der Waals surface area contributed by atoms with E-state index >= 15 is 0 Å². The van der Waals surface area contributed by atoms with Crippen molar-refractivity contribution in [3.05, 3.63) is 0 Å². The summed E-state index contributed by atoms with van der Waals surface area (Å²) in [4.78, 5) is 9.53. The third-order valence-corrected chi connectivity index (χ3v) is 3.94. The SMILES string of the molecule is CCN1CCN(C(C)CNC2=NCCCN2)CC1.I. The Labute approximate surface area is 134 Å². The second-order valence-corrected chi connectivity index (χ2v) is 5.21. The number of halogens is 1.